The molecule has 0 spiro atoms. The molecule has 0 fully saturated rings. The van der Waals surface area contributed by atoms with Crippen LogP contribution in [0, 0.1) is 0 Å². The van der Waals surface area contributed by atoms with E-state index in [-0.39, 0.29) is 25.2 Å². The zero-order valence-electron chi connectivity index (χ0n) is 30.8. The van der Waals surface area contributed by atoms with Crippen LogP contribution in [0.4, 0.5) is 5.69 Å². The molecular formula is C38H59NO13. The third-order valence-corrected chi connectivity index (χ3v) is 6.89. The van der Waals surface area contributed by atoms with Crippen LogP contribution < -0.4 is 5.32 Å². The summed E-state index contributed by atoms with van der Waals surface area (Å²) in [6, 6.07) is 16.1. The molecular weight excluding hydrogens is 678 g/mol. The molecule has 0 aliphatic heterocycles. The van der Waals surface area contributed by atoms with Crippen LogP contribution >= 0.6 is 0 Å². The summed E-state index contributed by atoms with van der Waals surface area (Å²) in [4.78, 5) is 23.9. The van der Waals surface area contributed by atoms with Gasteiger partial charge in [-0.1, -0.05) is 31.5 Å². The van der Waals surface area contributed by atoms with Crippen LogP contribution in [0.15, 0.2) is 54.6 Å². The van der Waals surface area contributed by atoms with Gasteiger partial charge in [0.2, 0.25) is 0 Å². The number of hydrogen-bond acceptors (Lipinski definition) is 14. The van der Waals surface area contributed by atoms with E-state index in [2.05, 4.69) is 12.2 Å². The van der Waals surface area contributed by atoms with Crippen molar-refractivity contribution in [1.29, 1.82) is 0 Å². The van der Waals surface area contributed by atoms with Gasteiger partial charge in [-0.05, 0) is 42.8 Å². The highest BCUT2D eigenvalue weighted by molar-refractivity contribution is 5.90. The molecule has 0 atom stereocenters. The minimum atomic E-state index is -0.365. The number of hydrogen-bond donors (Lipinski definition) is 1. The molecule has 2 rings (SSSR count). The van der Waals surface area contributed by atoms with Gasteiger partial charge in [-0.15, -0.1) is 0 Å². The minimum absolute atomic E-state index is 0.185. The van der Waals surface area contributed by atoms with E-state index in [1.807, 2.05) is 18.2 Å². The maximum absolute atomic E-state index is 12.1. The van der Waals surface area contributed by atoms with Crippen molar-refractivity contribution in [2.45, 2.75) is 19.8 Å². The Hall–Kier alpha value is -3.18. The van der Waals surface area contributed by atoms with Crippen LogP contribution in [0.3, 0.4) is 0 Å². The molecule has 0 bridgehead atoms. The van der Waals surface area contributed by atoms with Gasteiger partial charge in [0.15, 0.2) is 0 Å². The molecule has 52 heavy (non-hydrogen) atoms. The summed E-state index contributed by atoms with van der Waals surface area (Å²) in [5, 5.41) is 3.32. The SMILES string of the molecule is CCCCNc1ccc(C(=O)OCCOCCOCCOCCOCCOCCOCCOCCOCCOCCOC(=O)c2ccccc2)cc1. The second-order valence-electron chi connectivity index (χ2n) is 11.0. The number of benzene rings is 2. The van der Waals surface area contributed by atoms with Gasteiger partial charge in [-0.2, -0.15) is 0 Å². The van der Waals surface area contributed by atoms with Gasteiger partial charge < -0.3 is 57.4 Å². The Kier molecular flexibility index (Phi) is 29.1. The molecule has 1 N–H and O–H groups in total. The maximum Gasteiger partial charge on any atom is 0.338 e. The Morgan fingerprint density at radius 1 is 0.423 bits per heavy atom. The summed E-state index contributed by atoms with van der Waals surface area (Å²) in [6.45, 7) is 11.4. The van der Waals surface area contributed by atoms with Crippen molar-refractivity contribution < 1.29 is 61.7 Å². The summed E-state index contributed by atoms with van der Waals surface area (Å²) in [5.74, 6) is -0.726. The highest BCUT2D eigenvalue weighted by Crippen LogP contribution is 2.11. The summed E-state index contributed by atoms with van der Waals surface area (Å²) < 4.78 is 59.5. The molecule has 0 unspecified atom stereocenters. The summed E-state index contributed by atoms with van der Waals surface area (Å²) >= 11 is 0. The first-order valence-corrected chi connectivity index (χ1v) is 18.1. The third kappa shape index (κ3) is 25.7. The molecule has 0 amide bonds. The van der Waals surface area contributed by atoms with Gasteiger partial charge in [0.25, 0.3) is 0 Å². The lowest BCUT2D eigenvalue weighted by Crippen LogP contribution is -2.16. The van der Waals surface area contributed by atoms with Crippen LogP contribution in [0.1, 0.15) is 40.5 Å². The Morgan fingerprint density at radius 2 is 0.731 bits per heavy atom. The summed E-state index contributed by atoms with van der Waals surface area (Å²) in [6.07, 6.45) is 2.24. The number of ether oxygens (including phenoxy) is 11. The maximum atomic E-state index is 12.1. The molecule has 14 heteroatoms. The average Bonchev–Trinajstić information content (AvgIpc) is 3.17. The van der Waals surface area contributed by atoms with Crippen molar-refractivity contribution >= 4 is 17.6 Å². The lowest BCUT2D eigenvalue weighted by atomic mass is 10.2. The van der Waals surface area contributed by atoms with E-state index in [0.717, 1.165) is 25.1 Å². The number of unbranched alkanes of at least 4 members (excludes halogenated alkanes) is 1. The highest BCUT2D eigenvalue weighted by Gasteiger charge is 2.07. The van der Waals surface area contributed by atoms with Gasteiger partial charge in [0.05, 0.1) is 130 Å². The second-order valence-corrected chi connectivity index (χ2v) is 11.0. The van der Waals surface area contributed by atoms with Crippen LogP contribution in [0.25, 0.3) is 0 Å². The molecule has 0 saturated carbocycles. The first-order chi connectivity index (χ1) is 25.7. The number of carbonyl (C=O) groups is 2. The summed E-state index contributed by atoms with van der Waals surface area (Å²) in [5.41, 5.74) is 2.03. The molecule has 2 aromatic rings. The zero-order valence-corrected chi connectivity index (χ0v) is 30.8. The molecule has 294 valence electrons. The molecule has 0 radical (unpaired) electrons. The standard InChI is InChI=1S/C38H59NO13/c1-2-3-13-39-36-11-9-35(10-12-36)38(41)52-33-31-50-29-27-48-25-23-46-21-19-44-17-15-42-14-16-43-18-20-45-22-24-47-26-28-49-30-32-51-37(40)34-7-5-4-6-8-34/h4-12,39H,2-3,13-33H2,1H3. The number of rotatable bonds is 36. The van der Waals surface area contributed by atoms with E-state index in [0.29, 0.717) is 130 Å². The molecule has 0 saturated heterocycles. The molecule has 0 aliphatic carbocycles. The fraction of sp³-hybridized carbons (Fsp3) is 0.632. The highest BCUT2D eigenvalue weighted by atomic mass is 16.6. The van der Waals surface area contributed by atoms with E-state index in [4.69, 9.17) is 52.1 Å². The van der Waals surface area contributed by atoms with Crippen LogP contribution in [-0.2, 0) is 52.1 Å². The van der Waals surface area contributed by atoms with Crippen LogP contribution in [-0.4, -0.2) is 151 Å². The normalized spacial score (nSPS) is 11.1. The third-order valence-electron chi connectivity index (χ3n) is 6.89. The van der Waals surface area contributed by atoms with E-state index in [1.165, 1.54) is 0 Å². The van der Waals surface area contributed by atoms with Gasteiger partial charge in [0.1, 0.15) is 13.2 Å². The monoisotopic (exact) mass is 737 g/mol. The first-order valence-electron chi connectivity index (χ1n) is 18.1. The first kappa shape index (κ1) is 45.0. The van der Waals surface area contributed by atoms with Gasteiger partial charge in [0, 0.05) is 12.2 Å². The molecule has 2 aromatic carbocycles. The predicted molar refractivity (Wildman–Crippen MR) is 194 cm³/mol. The Labute approximate surface area is 308 Å². The van der Waals surface area contributed by atoms with Crippen molar-refractivity contribution in [3.05, 3.63) is 65.7 Å². The van der Waals surface area contributed by atoms with Crippen LogP contribution in [0.5, 0.6) is 0 Å². The lowest BCUT2D eigenvalue weighted by molar-refractivity contribution is -0.0266. The fourth-order valence-corrected chi connectivity index (χ4v) is 4.12. The second kappa shape index (κ2) is 33.6. The van der Waals surface area contributed by atoms with Crippen molar-refractivity contribution in [3.8, 4) is 0 Å². The van der Waals surface area contributed by atoms with E-state index in [9.17, 15) is 9.59 Å². The Bertz CT molecular complexity index is 1110. The molecule has 0 aliphatic rings. The molecule has 14 nitrogen and oxygen atoms in total. The van der Waals surface area contributed by atoms with Gasteiger partial charge in [-0.25, -0.2) is 9.59 Å². The summed E-state index contributed by atoms with van der Waals surface area (Å²) in [7, 11) is 0. The van der Waals surface area contributed by atoms with Crippen molar-refractivity contribution in [2.75, 3.05) is 144 Å². The number of nitrogens with one attached hydrogen (secondary N) is 1. The smallest absolute Gasteiger partial charge is 0.338 e. The fourth-order valence-electron chi connectivity index (χ4n) is 4.12. The average molecular weight is 738 g/mol. The Morgan fingerprint density at radius 3 is 1.06 bits per heavy atom. The quantitative estimate of drug-likeness (QED) is 0.0792. The largest absolute Gasteiger partial charge is 0.460 e. The van der Waals surface area contributed by atoms with Gasteiger partial charge >= 0.3 is 11.9 Å². The zero-order chi connectivity index (χ0) is 37.0. The lowest BCUT2D eigenvalue weighted by Gasteiger charge is -2.09. The number of anilines is 1. The van der Waals surface area contributed by atoms with Crippen molar-refractivity contribution in [3.63, 3.8) is 0 Å². The van der Waals surface area contributed by atoms with Gasteiger partial charge in [-0.3, -0.25) is 0 Å². The molecule has 0 heterocycles. The van der Waals surface area contributed by atoms with Crippen molar-refractivity contribution in [1.82, 2.24) is 0 Å². The topological polar surface area (TPSA) is 148 Å². The van der Waals surface area contributed by atoms with Crippen LogP contribution in [0.2, 0.25) is 0 Å². The predicted octanol–water partition coefficient (Wildman–Crippen LogP) is 4.06. The number of esters is 2. The Balaban J connectivity index is 1.19. The minimum Gasteiger partial charge on any atom is -0.460 e. The number of carbonyl (C=O) groups excluding carboxylic acids is 2. The van der Waals surface area contributed by atoms with E-state index in [1.54, 1.807) is 36.4 Å². The molecule has 0 aromatic heterocycles. The van der Waals surface area contributed by atoms with E-state index >= 15 is 0 Å². The van der Waals surface area contributed by atoms with Crippen molar-refractivity contribution in [2.24, 2.45) is 0 Å². The van der Waals surface area contributed by atoms with E-state index < -0.39 is 0 Å².